The van der Waals surface area contributed by atoms with Crippen molar-refractivity contribution in [2.24, 2.45) is 5.73 Å². The number of amides is 2. The Kier molecular flexibility index (Phi) is 5.14. The zero-order chi connectivity index (χ0) is 18.0. The van der Waals surface area contributed by atoms with Crippen LogP contribution in [0.3, 0.4) is 0 Å². The van der Waals surface area contributed by atoms with E-state index in [9.17, 15) is 22.8 Å². The molecule has 24 heavy (non-hydrogen) atoms. The van der Waals surface area contributed by atoms with Crippen molar-refractivity contribution in [2.75, 3.05) is 13.2 Å². The molecule has 1 saturated heterocycles. The topological polar surface area (TPSA) is 90.7 Å². The van der Waals surface area contributed by atoms with Crippen molar-refractivity contribution in [3.8, 4) is 0 Å². The van der Waals surface area contributed by atoms with E-state index in [2.05, 4.69) is 5.32 Å². The fourth-order valence-electron chi connectivity index (χ4n) is 2.29. The minimum absolute atomic E-state index is 0.0635. The number of hydrogen-bond donors (Lipinski definition) is 2. The van der Waals surface area contributed by atoms with E-state index in [4.69, 9.17) is 15.2 Å². The Hall–Kier alpha value is -2.13. The maximum atomic E-state index is 12.9. The van der Waals surface area contributed by atoms with Crippen LogP contribution in [-0.4, -0.2) is 31.3 Å². The van der Waals surface area contributed by atoms with Crippen LogP contribution in [-0.2, 0) is 30.8 Å². The van der Waals surface area contributed by atoms with Gasteiger partial charge in [0.05, 0.1) is 25.2 Å². The molecule has 1 fully saturated rings. The van der Waals surface area contributed by atoms with Gasteiger partial charge in [-0.05, 0) is 24.6 Å². The fourth-order valence-corrected chi connectivity index (χ4v) is 2.29. The van der Waals surface area contributed by atoms with E-state index in [1.807, 2.05) is 0 Å². The first-order valence-electron chi connectivity index (χ1n) is 7.15. The molecule has 6 nitrogen and oxygen atoms in total. The predicted octanol–water partition coefficient (Wildman–Crippen LogP) is 1.29. The number of ether oxygens (including phenoxy) is 2. The lowest BCUT2D eigenvalue weighted by atomic mass is 9.89. The maximum Gasteiger partial charge on any atom is 0.416 e. The highest BCUT2D eigenvalue weighted by Gasteiger charge is 2.38. The monoisotopic (exact) mass is 346 g/mol. The zero-order valence-electron chi connectivity index (χ0n) is 12.9. The Morgan fingerprint density at radius 3 is 2.38 bits per heavy atom. The summed E-state index contributed by atoms with van der Waals surface area (Å²) in [5, 5.41) is 2.37. The van der Waals surface area contributed by atoms with Crippen molar-refractivity contribution >= 4 is 11.8 Å². The van der Waals surface area contributed by atoms with Gasteiger partial charge in [-0.25, -0.2) is 0 Å². The van der Waals surface area contributed by atoms with E-state index < -0.39 is 35.4 Å². The molecule has 1 atom stereocenters. The number of rotatable bonds is 5. The van der Waals surface area contributed by atoms with Gasteiger partial charge in [0.1, 0.15) is 5.54 Å². The molecule has 0 saturated carbocycles. The van der Waals surface area contributed by atoms with E-state index in [1.165, 1.54) is 13.0 Å². The molecule has 0 unspecified atom stereocenters. The Balaban J connectivity index is 2.23. The zero-order valence-corrected chi connectivity index (χ0v) is 12.9. The van der Waals surface area contributed by atoms with Gasteiger partial charge in [0.25, 0.3) is 0 Å². The first kappa shape index (κ1) is 18.2. The molecular formula is C15H17F3N2O4. The van der Waals surface area contributed by atoms with Gasteiger partial charge in [-0.1, -0.05) is 12.1 Å². The molecule has 1 aromatic rings. The Bertz CT molecular complexity index is 629. The highest BCUT2D eigenvalue weighted by atomic mass is 19.4. The van der Waals surface area contributed by atoms with Crippen molar-refractivity contribution in [1.82, 2.24) is 5.32 Å². The van der Waals surface area contributed by atoms with E-state index in [1.54, 1.807) is 0 Å². The largest absolute Gasteiger partial charge is 0.416 e. The van der Waals surface area contributed by atoms with Crippen molar-refractivity contribution in [3.05, 3.63) is 35.4 Å². The van der Waals surface area contributed by atoms with Crippen molar-refractivity contribution < 1.29 is 32.2 Å². The van der Waals surface area contributed by atoms with Crippen LogP contribution in [0.15, 0.2) is 24.3 Å². The van der Waals surface area contributed by atoms with Gasteiger partial charge in [-0.3, -0.25) is 9.59 Å². The van der Waals surface area contributed by atoms with Crippen LogP contribution >= 0.6 is 0 Å². The number of hydrogen-bond acceptors (Lipinski definition) is 4. The van der Waals surface area contributed by atoms with Crippen LogP contribution in [0.5, 0.6) is 0 Å². The molecule has 132 valence electrons. The molecule has 0 radical (unpaired) electrons. The summed E-state index contributed by atoms with van der Waals surface area (Å²) >= 11 is 0. The van der Waals surface area contributed by atoms with Crippen LogP contribution in [0, 0.1) is 0 Å². The summed E-state index contributed by atoms with van der Waals surface area (Å²) in [6.45, 7) is 1.94. The lowest BCUT2D eigenvalue weighted by molar-refractivity contribution is -0.138. The van der Waals surface area contributed by atoms with Crippen molar-refractivity contribution in [2.45, 2.75) is 31.3 Å². The predicted molar refractivity (Wildman–Crippen MR) is 76.4 cm³/mol. The van der Waals surface area contributed by atoms with Crippen LogP contribution in [0.4, 0.5) is 13.2 Å². The maximum absolute atomic E-state index is 12.9. The minimum Gasteiger partial charge on any atom is -0.367 e. The standard InChI is InChI=1S/C15H17F3N2O4/c1-14(13(19)22,20-11(21)8-12-23-5-6-24-12)9-3-2-4-10(7-9)15(16,17)18/h2-4,7,12H,5-6,8H2,1H3,(H2,19,22)(H,20,21)/t14-/m0/s1. The molecule has 1 heterocycles. The van der Waals surface area contributed by atoms with Crippen LogP contribution in [0.25, 0.3) is 0 Å². The molecule has 3 N–H and O–H groups in total. The second-order valence-corrected chi connectivity index (χ2v) is 5.49. The van der Waals surface area contributed by atoms with E-state index >= 15 is 0 Å². The van der Waals surface area contributed by atoms with Gasteiger partial charge in [0.15, 0.2) is 6.29 Å². The molecule has 0 spiro atoms. The van der Waals surface area contributed by atoms with Crippen LogP contribution in [0.2, 0.25) is 0 Å². The third-order valence-corrected chi connectivity index (χ3v) is 3.69. The number of carbonyl (C=O) groups excluding carboxylic acids is 2. The number of benzene rings is 1. The smallest absolute Gasteiger partial charge is 0.367 e. The Morgan fingerprint density at radius 2 is 1.83 bits per heavy atom. The average Bonchev–Trinajstić information content (AvgIpc) is 2.98. The summed E-state index contributed by atoms with van der Waals surface area (Å²) < 4.78 is 48.8. The molecule has 1 aromatic carbocycles. The minimum atomic E-state index is -4.58. The van der Waals surface area contributed by atoms with Gasteiger partial charge in [0.2, 0.25) is 11.8 Å². The van der Waals surface area contributed by atoms with Crippen LogP contribution in [0.1, 0.15) is 24.5 Å². The molecule has 2 rings (SSSR count). The number of alkyl halides is 3. The van der Waals surface area contributed by atoms with Gasteiger partial charge < -0.3 is 20.5 Å². The SMILES string of the molecule is C[C@@](NC(=O)CC1OCCO1)(C(N)=O)c1cccc(C(F)(F)F)c1. The van der Waals surface area contributed by atoms with E-state index in [-0.39, 0.29) is 12.0 Å². The Labute approximate surface area is 136 Å². The second kappa shape index (κ2) is 6.78. The first-order valence-corrected chi connectivity index (χ1v) is 7.15. The van der Waals surface area contributed by atoms with Gasteiger partial charge >= 0.3 is 6.18 Å². The Morgan fingerprint density at radius 1 is 1.25 bits per heavy atom. The number of nitrogens with two attached hydrogens (primary N) is 1. The van der Waals surface area contributed by atoms with Crippen molar-refractivity contribution in [1.29, 1.82) is 0 Å². The summed E-state index contributed by atoms with van der Waals surface area (Å²) in [6.07, 6.45) is -5.52. The highest BCUT2D eigenvalue weighted by molar-refractivity contribution is 5.91. The molecule has 0 bridgehead atoms. The summed E-state index contributed by atoms with van der Waals surface area (Å²) in [7, 11) is 0. The molecule has 1 aliphatic rings. The normalized spacial score (nSPS) is 18.2. The van der Waals surface area contributed by atoms with E-state index in [0.717, 1.165) is 18.2 Å². The summed E-state index contributed by atoms with van der Waals surface area (Å²) in [6, 6.07) is 4.10. The summed E-state index contributed by atoms with van der Waals surface area (Å²) in [5.74, 6) is -1.61. The lowest BCUT2D eigenvalue weighted by Crippen LogP contribution is -2.53. The number of primary amides is 1. The molecule has 9 heteroatoms. The van der Waals surface area contributed by atoms with Gasteiger partial charge in [0, 0.05) is 0 Å². The van der Waals surface area contributed by atoms with E-state index in [0.29, 0.717) is 13.2 Å². The second-order valence-electron chi connectivity index (χ2n) is 5.49. The number of halogens is 3. The molecule has 2 amide bonds. The average molecular weight is 346 g/mol. The third kappa shape index (κ3) is 4.04. The molecular weight excluding hydrogens is 329 g/mol. The summed E-state index contributed by atoms with van der Waals surface area (Å²) in [5.41, 5.74) is 2.52. The van der Waals surface area contributed by atoms with Gasteiger partial charge in [-0.15, -0.1) is 0 Å². The number of nitrogens with one attached hydrogen (secondary N) is 1. The van der Waals surface area contributed by atoms with Crippen LogP contribution < -0.4 is 11.1 Å². The highest BCUT2D eigenvalue weighted by Crippen LogP contribution is 2.32. The lowest BCUT2D eigenvalue weighted by Gasteiger charge is -2.29. The quantitative estimate of drug-likeness (QED) is 0.840. The molecule has 1 aliphatic heterocycles. The third-order valence-electron chi connectivity index (χ3n) is 3.69. The van der Waals surface area contributed by atoms with Gasteiger partial charge in [-0.2, -0.15) is 13.2 Å². The summed E-state index contributed by atoms with van der Waals surface area (Å²) in [4.78, 5) is 23.9. The first-order chi connectivity index (χ1) is 11.1. The van der Waals surface area contributed by atoms with Crippen molar-refractivity contribution in [3.63, 3.8) is 0 Å². The number of carbonyl (C=O) groups is 2. The molecule has 0 aromatic heterocycles. The molecule has 0 aliphatic carbocycles. The fraction of sp³-hybridized carbons (Fsp3) is 0.467.